The van der Waals surface area contributed by atoms with Crippen LogP contribution in [0.25, 0.3) is 0 Å². The number of anilines is 1. The number of hydrogen-bond donors (Lipinski definition) is 1. The van der Waals surface area contributed by atoms with Crippen LogP contribution in [0.2, 0.25) is 5.02 Å². The number of nitrogens with zero attached hydrogens (tertiary/aromatic N) is 1. The van der Waals surface area contributed by atoms with Gasteiger partial charge in [0.2, 0.25) is 15.9 Å². The molecule has 5 nitrogen and oxygen atoms in total. The summed E-state index contributed by atoms with van der Waals surface area (Å²) in [5.74, 6) is -0.410. The highest BCUT2D eigenvalue weighted by Crippen LogP contribution is 2.20. The average molecular weight is 443 g/mol. The Morgan fingerprint density at radius 1 is 0.933 bits per heavy atom. The quantitative estimate of drug-likeness (QED) is 0.572. The Bertz CT molecular complexity index is 1130. The molecule has 0 fully saturated rings. The third kappa shape index (κ3) is 5.48. The second kappa shape index (κ2) is 9.43. The number of carbonyl (C=O) groups excluding carboxylic acids is 1. The molecule has 0 spiro atoms. The van der Waals surface area contributed by atoms with E-state index in [1.165, 1.54) is 16.4 Å². The van der Waals surface area contributed by atoms with Crippen LogP contribution >= 0.6 is 11.6 Å². The molecular weight excluding hydrogens is 420 g/mol. The zero-order valence-electron chi connectivity index (χ0n) is 16.8. The molecule has 0 radical (unpaired) electrons. The van der Waals surface area contributed by atoms with E-state index in [9.17, 15) is 13.2 Å². The van der Waals surface area contributed by atoms with Gasteiger partial charge >= 0.3 is 0 Å². The van der Waals surface area contributed by atoms with Gasteiger partial charge in [0.1, 0.15) is 0 Å². The van der Waals surface area contributed by atoms with Crippen molar-refractivity contribution in [1.82, 2.24) is 4.31 Å². The monoisotopic (exact) mass is 442 g/mol. The number of rotatable bonds is 7. The molecule has 0 unspecified atom stereocenters. The minimum absolute atomic E-state index is 0.0503. The first-order valence-electron chi connectivity index (χ1n) is 9.42. The van der Waals surface area contributed by atoms with Crippen LogP contribution in [0, 0.1) is 13.8 Å². The lowest BCUT2D eigenvalue weighted by Crippen LogP contribution is -2.37. The smallest absolute Gasteiger partial charge is 0.243 e. The molecule has 1 amide bonds. The van der Waals surface area contributed by atoms with Crippen molar-refractivity contribution >= 4 is 33.2 Å². The van der Waals surface area contributed by atoms with Crippen LogP contribution in [-0.2, 0) is 21.4 Å². The molecule has 0 aliphatic carbocycles. The summed E-state index contributed by atoms with van der Waals surface area (Å²) in [5, 5.41) is 3.35. The Morgan fingerprint density at radius 3 is 2.23 bits per heavy atom. The lowest BCUT2D eigenvalue weighted by Gasteiger charge is -2.22. The van der Waals surface area contributed by atoms with Crippen molar-refractivity contribution in [2.24, 2.45) is 0 Å². The minimum atomic E-state index is -3.87. The van der Waals surface area contributed by atoms with Crippen molar-refractivity contribution in [3.8, 4) is 0 Å². The maximum absolute atomic E-state index is 13.2. The molecule has 156 valence electrons. The van der Waals surface area contributed by atoms with Crippen molar-refractivity contribution in [3.05, 3.63) is 94.5 Å². The van der Waals surface area contributed by atoms with E-state index in [4.69, 9.17) is 11.6 Å². The topological polar surface area (TPSA) is 66.5 Å². The molecule has 0 aliphatic rings. The van der Waals surface area contributed by atoms with Crippen LogP contribution in [0.3, 0.4) is 0 Å². The lowest BCUT2D eigenvalue weighted by atomic mass is 10.1. The van der Waals surface area contributed by atoms with E-state index in [2.05, 4.69) is 5.32 Å². The van der Waals surface area contributed by atoms with E-state index in [0.29, 0.717) is 10.7 Å². The fraction of sp³-hybridized carbons (Fsp3) is 0.174. The summed E-state index contributed by atoms with van der Waals surface area (Å²) in [7, 11) is -3.87. The van der Waals surface area contributed by atoms with Crippen molar-refractivity contribution in [1.29, 1.82) is 0 Å². The first-order valence-corrected chi connectivity index (χ1v) is 11.2. The van der Waals surface area contributed by atoms with E-state index in [0.717, 1.165) is 16.7 Å². The van der Waals surface area contributed by atoms with Gasteiger partial charge in [-0.2, -0.15) is 4.31 Å². The van der Waals surface area contributed by atoms with Crippen molar-refractivity contribution < 1.29 is 13.2 Å². The fourth-order valence-corrected chi connectivity index (χ4v) is 4.47. The molecule has 7 heteroatoms. The normalized spacial score (nSPS) is 11.5. The second-order valence-electron chi connectivity index (χ2n) is 7.06. The number of carbonyl (C=O) groups is 1. The van der Waals surface area contributed by atoms with Crippen molar-refractivity contribution in [2.75, 3.05) is 11.9 Å². The zero-order chi connectivity index (χ0) is 21.7. The Morgan fingerprint density at radius 2 is 1.60 bits per heavy atom. The van der Waals surface area contributed by atoms with Crippen molar-refractivity contribution in [2.45, 2.75) is 25.3 Å². The SMILES string of the molecule is Cc1ccc(NC(=O)CN(Cc2ccc(Cl)cc2)S(=O)(=O)c2ccccc2)cc1C. The van der Waals surface area contributed by atoms with Gasteiger partial charge in [-0.1, -0.05) is 48.0 Å². The lowest BCUT2D eigenvalue weighted by molar-refractivity contribution is -0.116. The van der Waals surface area contributed by atoms with Crippen LogP contribution < -0.4 is 5.32 Å². The minimum Gasteiger partial charge on any atom is -0.325 e. The fourth-order valence-electron chi connectivity index (χ4n) is 2.94. The van der Waals surface area contributed by atoms with Crippen LogP contribution in [0.1, 0.15) is 16.7 Å². The van der Waals surface area contributed by atoms with Crippen molar-refractivity contribution in [3.63, 3.8) is 0 Å². The Balaban J connectivity index is 1.85. The van der Waals surface area contributed by atoms with Gasteiger partial charge in [-0.15, -0.1) is 0 Å². The molecule has 0 saturated heterocycles. The Labute approximate surface area is 182 Å². The van der Waals surface area contributed by atoms with Crippen LogP contribution in [-0.4, -0.2) is 25.2 Å². The van der Waals surface area contributed by atoms with E-state index in [1.807, 2.05) is 26.0 Å². The highest BCUT2D eigenvalue weighted by atomic mass is 35.5. The summed E-state index contributed by atoms with van der Waals surface area (Å²) in [4.78, 5) is 12.8. The number of benzene rings is 3. The predicted molar refractivity (Wildman–Crippen MR) is 120 cm³/mol. The first-order chi connectivity index (χ1) is 14.3. The van der Waals surface area contributed by atoms with E-state index >= 15 is 0 Å². The number of amides is 1. The zero-order valence-corrected chi connectivity index (χ0v) is 18.4. The molecule has 1 N–H and O–H groups in total. The number of nitrogens with one attached hydrogen (secondary N) is 1. The summed E-state index contributed by atoms with van der Waals surface area (Å²) < 4.78 is 27.6. The number of halogens is 1. The summed E-state index contributed by atoms with van der Waals surface area (Å²) >= 11 is 5.94. The summed E-state index contributed by atoms with van der Waals surface area (Å²) in [6.45, 7) is 3.68. The Kier molecular flexibility index (Phi) is 6.92. The molecule has 0 saturated carbocycles. The molecule has 0 atom stereocenters. The molecule has 30 heavy (non-hydrogen) atoms. The van der Waals surface area contributed by atoms with Gasteiger partial charge in [0.25, 0.3) is 0 Å². The summed E-state index contributed by atoms with van der Waals surface area (Å²) in [5.41, 5.74) is 3.52. The molecule has 3 aromatic carbocycles. The van der Waals surface area contributed by atoms with E-state index in [-0.39, 0.29) is 18.0 Å². The first kappa shape index (κ1) is 22.0. The summed E-state index contributed by atoms with van der Waals surface area (Å²) in [6.07, 6.45) is 0. The largest absolute Gasteiger partial charge is 0.325 e. The van der Waals surface area contributed by atoms with Gasteiger partial charge in [-0.05, 0) is 66.9 Å². The third-order valence-electron chi connectivity index (χ3n) is 4.76. The van der Waals surface area contributed by atoms with Gasteiger partial charge in [0, 0.05) is 17.3 Å². The highest BCUT2D eigenvalue weighted by Gasteiger charge is 2.27. The van der Waals surface area contributed by atoms with Gasteiger partial charge in [0.15, 0.2) is 0 Å². The molecular formula is C23H23ClN2O3S. The van der Waals surface area contributed by atoms with Gasteiger partial charge < -0.3 is 5.32 Å². The average Bonchev–Trinajstić information content (AvgIpc) is 2.72. The van der Waals surface area contributed by atoms with Crippen LogP contribution in [0.4, 0.5) is 5.69 Å². The third-order valence-corrected chi connectivity index (χ3v) is 6.82. The second-order valence-corrected chi connectivity index (χ2v) is 9.43. The number of sulfonamides is 1. The molecule has 3 rings (SSSR count). The van der Waals surface area contributed by atoms with Gasteiger partial charge in [-0.3, -0.25) is 4.79 Å². The molecule has 0 bridgehead atoms. The van der Waals surface area contributed by atoms with E-state index < -0.39 is 15.9 Å². The molecule has 0 aromatic heterocycles. The molecule has 0 heterocycles. The van der Waals surface area contributed by atoms with E-state index in [1.54, 1.807) is 48.5 Å². The van der Waals surface area contributed by atoms with Gasteiger partial charge in [0.05, 0.1) is 11.4 Å². The summed E-state index contributed by atoms with van der Waals surface area (Å²) in [6, 6.07) is 20.6. The van der Waals surface area contributed by atoms with Gasteiger partial charge in [-0.25, -0.2) is 8.42 Å². The maximum atomic E-state index is 13.2. The predicted octanol–water partition coefficient (Wildman–Crippen LogP) is 4.79. The standard InChI is InChI=1S/C23H23ClN2O3S/c1-17-8-13-21(14-18(17)2)25-23(27)16-26(15-19-9-11-20(24)12-10-19)30(28,29)22-6-4-3-5-7-22/h3-14H,15-16H2,1-2H3,(H,25,27). The Hall–Kier alpha value is -2.67. The maximum Gasteiger partial charge on any atom is 0.243 e. The van der Waals surface area contributed by atoms with Crippen LogP contribution in [0.5, 0.6) is 0 Å². The van der Waals surface area contributed by atoms with Crippen LogP contribution in [0.15, 0.2) is 77.7 Å². The number of hydrogen-bond acceptors (Lipinski definition) is 3. The molecule has 3 aromatic rings. The highest BCUT2D eigenvalue weighted by molar-refractivity contribution is 7.89. The molecule has 0 aliphatic heterocycles. The number of aryl methyl sites for hydroxylation is 2.